The molecule has 0 unspecified atom stereocenters. The molecule has 0 saturated carbocycles. The van der Waals surface area contributed by atoms with Gasteiger partial charge < -0.3 is 10.2 Å². The van der Waals surface area contributed by atoms with Crippen molar-refractivity contribution in [3.8, 4) is 9.75 Å². The number of rotatable bonds is 3. The molecule has 14 heavy (non-hydrogen) atoms. The fourth-order valence-corrected chi connectivity index (χ4v) is 3.09. The summed E-state index contributed by atoms with van der Waals surface area (Å²) in [6, 6.07) is 3.97. The van der Waals surface area contributed by atoms with Gasteiger partial charge in [0.1, 0.15) is 0 Å². The first-order valence-electron chi connectivity index (χ1n) is 4.20. The molecule has 0 amide bonds. The molecule has 0 aliphatic heterocycles. The van der Waals surface area contributed by atoms with Gasteiger partial charge in [0.05, 0.1) is 13.2 Å². The highest BCUT2D eigenvalue weighted by Crippen LogP contribution is 2.32. The van der Waals surface area contributed by atoms with Crippen LogP contribution in [0.3, 0.4) is 0 Å². The van der Waals surface area contributed by atoms with Crippen LogP contribution in [0.15, 0.2) is 22.9 Å². The zero-order valence-corrected chi connectivity index (χ0v) is 9.07. The Kier molecular flexibility index (Phi) is 2.98. The summed E-state index contributed by atoms with van der Waals surface area (Å²) >= 11 is 3.24. The maximum Gasteiger partial charge on any atom is 0.0690 e. The van der Waals surface area contributed by atoms with Crippen molar-refractivity contribution in [2.75, 3.05) is 0 Å². The smallest absolute Gasteiger partial charge is 0.0690 e. The van der Waals surface area contributed by atoms with E-state index in [0.29, 0.717) is 0 Å². The van der Waals surface area contributed by atoms with Gasteiger partial charge >= 0.3 is 0 Å². The predicted octanol–water partition coefficient (Wildman–Crippen LogP) is 2.46. The Morgan fingerprint density at radius 3 is 1.57 bits per heavy atom. The highest BCUT2D eigenvalue weighted by Gasteiger charge is 2.05. The minimum atomic E-state index is 0.0920. The highest BCUT2D eigenvalue weighted by molar-refractivity contribution is 7.20. The van der Waals surface area contributed by atoms with Gasteiger partial charge in [-0.2, -0.15) is 0 Å². The van der Waals surface area contributed by atoms with Crippen molar-refractivity contribution in [2.45, 2.75) is 13.2 Å². The summed E-state index contributed by atoms with van der Waals surface area (Å²) in [4.78, 5) is 2.30. The molecule has 0 atom stereocenters. The Morgan fingerprint density at radius 2 is 1.29 bits per heavy atom. The minimum Gasteiger partial charge on any atom is -0.392 e. The van der Waals surface area contributed by atoms with Crippen molar-refractivity contribution in [1.29, 1.82) is 0 Å². The predicted molar refractivity (Wildman–Crippen MR) is 59.5 cm³/mol. The van der Waals surface area contributed by atoms with E-state index in [2.05, 4.69) is 0 Å². The molecule has 0 saturated heterocycles. The summed E-state index contributed by atoms with van der Waals surface area (Å²) in [6.07, 6.45) is 0. The van der Waals surface area contributed by atoms with Gasteiger partial charge in [0.15, 0.2) is 0 Å². The van der Waals surface area contributed by atoms with Crippen LogP contribution in [0.4, 0.5) is 0 Å². The molecule has 4 heteroatoms. The lowest BCUT2D eigenvalue weighted by Crippen LogP contribution is -1.75. The zero-order chi connectivity index (χ0) is 9.97. The van der Waals surface area contributed by atoms with Crippen molar-refractivity contribution in [3.05, 3.63) is 34.0 Å². The van der Waals surface area contributed by atoms with Gasteiger partial charge in [-0.25, -0.2) is 0 Å². The molecular formula is C10H10O2S2. The van der Waals surface area contributed by atoms with E-state index < -0.39 is 0 Å². The summed E-state index contributed by atoms with van der Waals surface area (Å²) in [5.74, 6) is 0. The van der Waals surface area contributed by atoms with Gasteiger partial charge in [-0.1, -0.05) is 0 Å². The van der Waals surface area contributed by atoms with E-state index in [1.54, 1.807) is 22.7 Å². The summed E-state index contributed by atoms with van der Waals surface area (Å²) in [5.41, 5.74) is 1.90. The normalized spacial score (nSPS) is 10.7. The van der Waals surface area contributed by atoms with Crippen LogP contribution >= 0.6 is 22.7 Å². The van der Waals surface area contributed by atoms with Crippen molar-refractivity contribution < 1.29 is 10.2 Å². The van der Waals surface area contributed by atoms with Crippen LogP contribution in [0.5, 0.6) is 0 Å². The first-order valence-corrected chi connectivity index (χ1v) is 5.96. The SMILES string of the molecule is OCc1csc(-c2cc(CO)cs2)c1. The quantitative estimate of drug-likeness (QED) is 0.844. The van der Waals surface area contributed by atoms with Gasteiger partial charge in [0.25, 0.3) is 0 Å². The second-order valence-corrected chi connectivity index (χ2v) is 4.78. The topological polar surface area (TPSA) is 40.5 Å². The molecule has 0 fully saturated rings. The zero-order valence-electron chi connectivity index (χ0n) is 7.43. The Morgan fingerprint density at radius 1 is 0.857 bits per heavy atom. The Bertz CT molecular complexity index is 377. The molecule has 2 aromatic heterocycles. The van der Waals surface area contributed by atoms with Crippen LogP contribution < -0.4 is 0 Å². The monoisotopic (exact) mass is 226 g/mol. The van der Waals surface area contributed by atoms with Crippen LogP contribution in [0, 0.1) is 0 Å². The van der Waals surface area contributed by atoms with Crippen molar-refractivity contribution in [1.82, 2.24) is 0 Å². The number of thiophene rings is 2. The lowest BCUT2D eigenvalue weighted by Gasteiger charge is -1.88. The number of aliphatic hydroxyl groups excluding tert-OH is 2. The Labute approximate surface area is 90.1 Å². The maximum atomic E-state index is 8.92. The Balaban J connectivity index is 2.29. The molecule has 0 aliphatic rings. The minimum absolute atomic E-state index is 0.0920. The van der Waals surface area contributed by atoms with Gasteiger partial charge in [0.2, 0.25) is 0 Å². The first kappa shape index (κ1) is 9.86. The standard InChI is InChI=1S/C10H10O2S2/c11-3-7-1-9(13-5-7)10-2-8(4-12)6-14-10/h1-2,5-6,11-12H,3-4H2. The molecule has 2 nitrogen and oxygen atoms in total. The lowest BCUT2D eigenvalue weighted by atomic mass is 10.2. The summed E-state index contributed by atoms with van der Waals surface area (Å²) in [7, 11) is 0. The van der Waals surface area contributed by atoms with Crippen LogP contribution in [0.25, 0.3) is 9.75 Å². The molecule has 2 aromatic rings. The molecule has 0 aromatic carbocycles. The average molecular weight is 226 g/mol. The number of aliphatic hydroxyl groups is 2. The van der Waals surface area contributed by atoms with Crippen LogP contribution in [0.2, 0.25) is 0 Å². The molecule has 2 heterocycles. The highest BCUT2D eigenvalue weighted by atomic mass is 32.1. The van der Waals surface area contributed by atoms with E-state index in [9.17, 15) is 0 Å². The molecule has 2 rings (SSSR count). The van der Waals surface area contributed by atoms with Crippen LogP contribution in [-0.2, 0) is 13.2 Å². The fourth-order valence-electron chi connectivity index (χ4n) is 1.18. The molecule has 2 N–H and O–H groups in total. The van der Waals surface area contributed by atoms with Gasteiger partial charge in [-0.3, -0.25) is 0 Å². The van der Waals surface area contributed by atoms with E-state index in [4.69, 9.17) is 10.2 Å². The van der Waals surface area contributed by atoms with Crippen LogP contribution in [-0.4, -0.2) is 10.2 Å². The van der Waals surface area contributed by atoms with Gasteiger partial charge in [-0.05, 0) is 34.0 Å². The summed E-state index contributed by atoms with van der Waals surface area (Å²) in [6.45, 7) is 0.184. The molecule has 0 aliphatic carbocycles. The summed E-state index contributed by atoms with van der Waals surface area (Å²) < 4.78 is 0. The molecule has 74 valence electrons. The van der Waals surface area contributed by atoms with Gasteiger partial charge in [-0.15, -0.1) is 22.7 Å². The van der Waals surface area contributed by atoms with Crippen LogP contribution in [0.1, 0.15) is 11.1 Å². The van der Waals surface area contributed by atoms with Crippen molar-refractivity contribution in [2.24, 2.45) is 0 Å². The van der Waals surface area contributed by atoms with E-state index in [-0.39, 0.29) is 13.2 Å². The van der Waals surface area contributed by atoms with Crippen molar-refractivity contribution in [3.63, 3.8) is 0 Å². The van der Waals surface area contributed by atoms with E-state index >= 15 is 0 Å². The molecular weight excluding hydrogens is 216 g/mol. The van der Waals surface area contributed by atoms with Gasteiger partial charge in [0, 0.05) is 9.75 Å². The average Bonchev–Trinajstić information content (AvgIpc) is 2.86. The fraction of sp³-hybridized carbons (Fsp3) is 0.200. The molecule has 0 radical (unpaired) electrons. The number of hydrogen-bond acceptors (Lipinski definition) is 4. The third kappa shape index (κ3) is 1.88. The third-order valence-corrected chi connectivity index (χ3v) is 4.07. The summed E-state index contributed by atoms with van der Waals surface area (Å²) in [5, 5.41) is 21.7. The van der Waals surface area contributed by atoms with E-state index in [1.165, 1.54) is 0 Å². The second-order valence-electron chi connectivity index (χ2n) is 2.95. The van der Waals surface area contributed by atoms with E-state index in [0.717, 1.165) is 20.9 Å². The van der Waals surface area contributed by atoms with Crippen molar-refractivity contribution >= 4 is 22.7 Å². The number of hydrogen-bond donors (Lipinski definition) is 2. The maximum absolute atomic E-state index is 8.92. The second kappa shape index (κ2) is 4.23. The third-order valence-electron chi connectivity index (χ3n) is 1.92. The first-order chi connectivity index (χ1) is 6.83. The largest absolute Gasteiger partial charge is 0.392 e. The van der Waals surface area contributed by atoms with E-state index in [1.807, 2.05) is 22.9 Å². The Hall–Kier alpha value is -0.680. The molecule has 0 bridgehead atoms. The lowest BCUT2D eigenvalue weighted by molar-refractivity contribution is 0.282. The molecule has 0 spiro atoms.